The van der Waals surface area contributed by atoms with Gasteiger partial charge in [-0.25, -0.2) is 0 Å². The minimum absolute atomic E-state index is 0.176. The van der Waals surface area contributed by atoms with Gasteiger partial charge in [-0.2, -0.15) is 13.2 Å². The van der Waals surface area contributed by atoms with Crippen LogP contribution in [0.4, 0.5) is 13.2 Å². The fourth-order valence-corrected chi connectivity index (χ4v) is 1.10. The predicted molar refractivity (Wildman–Crippen MR) is 52.2 cm³/mol. The highest BCUT2D eigenvalue weighted by Gasteiger charge is 2.30. The first-order valence-electron chi connectivity index (χ1n) is 3.92. The van der Waals surface area contributed by atoms with Gasteiger partial charge in [0.2, 0.25) is 0 Å². The van der Waals surface area contributed by atoms with Crippen LogP contribution < -0.4 is 4.74 Å². The SMILES string of the molecule is CC(Cl)(Cl)Oc1ccc(C(F)(F)F)cc1. The Balaban J connectivity index is 2.82. The van der Waals surface area contributed by atoms with Gasteiger partial charge in [0.05, 0.1) is 5.56 Å². The molecule has 15 heavy (non-hydrogen) atoms. The van der Waals surface area contributed by atoms with Crippen molar-refractivity contribution < 1.29 is 17.9 Å². The van der Waals surface area contributed by atoms with Gasteiger partial charge in [-0.1, -0.05) is 23.2 Å². The van der Waals surface area contributed by atoms with Crippen LogP contribution in [0.3, 0.4) is 0 Å². The summed E-state index contributed by atoms with van der Waals surface area (Å²) in [5.74, 6) is 0.176. The van der Waals surface area contributed by atoms with Crippen molar-refractivity contribution in [1.82, 2.24) is 0 Å². The summed E-state index contributed by atoms with van der Waals surface area (Å²) in [5.41, 5.74) is -0.749. The third-order valence-electron chi connectivity index (χ3n) is 1.48. The zero-order valence-electron chi connectivity index (χ0n) is 7.61. The van der Waals surface area contributed by atoms with E-state index in [1.54, 1.807) is 0 Å². The summed E-state index contributed by atoms with van der Waals surface area (Å²) in [6, 6.07) is 4.11. The first-order chi connectivity index (χ1) is 6.68. The average molecular weight is 259 g/mol. The van der Waals surface area contributed by atoms with Crippen molar-refractivity contribution in [3.05, 3.63) is 29.8 Å². The van der Waals surface area contributed by atoms with Crippen LogP contribution in [-0.2, 0) is 6.18 Å². The van der Waals surface area contributed by atoms with E-state index in [4.69, 9.17) is 27.9 Å². The number of ether oxygens (including phenoxy) is 1. The summed E-state index contributed by atoms with van der Waals surface area (Å²) in [6.45, 7) is 1.37. The number of hydrogen-bond donors (Lipinski definition) is 0. The Morgan fingerprint density at radius 3 is 1.87 bits per heavy atom. The third kappa shape index (κ3) is 4.18. The highest BCUT2D eigenvalue weighted by atomic mass is 35.5. The van der Waals surface area contributed by atoms with E-state index in [1.807, 2.05) is 0 Å². The van der Waals surface area contributed by atoms with E-state index >= 15 is 0 Å². The highest BCUT2D eigenvalue weighted by Crippen LogP contribution is 2.32. The molecule has 1 aromatic rings. The number of halogens is 5. The van der Waals surface area contributed by atoms with Crippen molar-refractivity contribution in [2.75, 3.05) is 0 Å². The number of benzene rings is 1. The van der Waals surface area contributed by atoms with Gasteiger partial charge in [-0.05, 0) is 24.3 Å². The molecule has 0 saturated carbocycles. The molecule has 0 radical (unpaired) electrons. The average Bonchev–Trinajstić information content (AvgIpc) is 2.00. The molecule has 0 atom stereocenters. The molecule has 84 valence electrons. The summed E-state index contributed by atoms with van der Waals surface area (Å²) < 4.78 is 40.0. The molecule has 0 aliphatic carbocycles. The molecule has 0 fully saturated rings. The van der Waals surface area contributed by atoms with Crippen molar-refractivity contribution in [3.63, 3.8) is 0 Å². The van der Waals surface area contributed by atoms with Gasteiger partial charge in [0.25, 0.3) is 4.52 Å². The lowest BCUT2D eigenvalue weighted by molar-refractivity contribution is -0.137. The monoisotopic (exact) mass is 258 g/mol. The lowest BCUT2D eigenvalue weighted by Crippen LogP contribution is -2.16. The minimum atomic E-state index is -4.36. The Morgan fingerprint density at radius 1 is 1.07 bits per heavy atom. The van der Waals surface area contributed by atoms with Crippen molar-refractivity contribution in [3.8, 4) is 5.75 Å². The molecule has 0 aliphatic heterocycles. The van der Waals surface area contributed by atoms with Crippen molar-refractivity contribution in [2.45, 2.75) is 17.6 Å². The van der Waals surface area contributed by atoms with Crippen LogP contribution in [0, 0.1) is 0 Å². The molecule has 0 amide bonds. The van der Waals surface area contributed by atoms with Crippen LogP contribution in [0.5, 0.6) is 5.75 Å². The maximum atomic E-state index is 12.2. The van der Waals surface area contributed by atoms with Crippen LogP contribution in [0.2, 0.25) is 0 Å². The quantitative estimate of drug-likeness (QED) is 0.722. The molecule has 6 heteroatoms. The first-order valence-corrected chi connectivity index (χ1v) is 4.68. The van der Waals surface area contributed by atoms with Gasteiger partial charge in [0.15, 0.2) is 0 Å². The number of hydrogen-bond acceptors (Lipinski definition) is 1. The molecule has 1 rings (SSSR count). The van der Waals surface area contributed by atoms with Crippen LogP contribution in [-0.4, -0.2) is 4.52 Å². The second-order valence-corrected chi connectivity index (χ2v) is 4.57. The Hall–Kier alpha value is -0.610. The first kappa shape index (κ1) is 12.5. The van der Waals surface area contributed by atoms with Crippen molar-refractivity contribution in [2.24, 2.45) is 0 Å². The minimum Gasteiger partial charge on any atom is -0.458 e. The van der Waals surface area contributed by atoms with Gasteiger partial charge in [0.1, 0.15) is 5.75 Å². The lowest BCUT2D eigenvalue weighted by atomic mass is 10.2. The Bertz CT molecular complexity index is 327. The topological polar surface area (TPSA) is 9.23 Å². The number of rotatable bonds is 2. The number of alkyl halides is 5. The molecule has 0 N–H and O–H groups in total. The van der Waals surface area contributed by atoms with Gasteiger partial charge >= 0.3 is 6.18 Å². The van der Waals surface area contributed by atoms with E-state index in [9.17, 15) is 13.2 Å². The van der Waals surface area contributed by atoms with E-state index in [0.717, 1.165) is 24.3 Å². The third-order valence-corrected chi connectivity index (χ3v) is 1.63. The molecule has 0 unspecified atom stereocenters. The molecule has 0 heterocycles. The normalized spacial score (nSPS) is 12.7. The van der Waals surface area contributed by atoms with Gasteiger partial charge in [0, 0.05) is 6.92 Å². The van der Waals surface area contributed by atoms with Crippen molar-refractivity contribution >= 4 is 23.2 Å². The van der Waals surface area contributed by atoms with Crippen LogP contribution in [0.1, 0.15) is 12.5 Å². The molecule has 0 spiro atoms. The maximum absolute atomic E-state index is 12.2. The summed E-state index contributed by atoms with van der Waals surface area (Å²) in [7, 11) is 0. The molecular formula is C9H7Cl2F3O. The molecule has 0 bridgehead atoms. The zero-order chi connectivity index (χ0) is 11.7. The van der Waals surface area contributed by atoms with E-state index in [-0.39, 0.29) is 5.75 Å². The molecule has 1 nitrogen and oxygen atoms in total. The van der Waals surface area contributed by atoms with E-state index in [1.165, 1.54) is 6.92 Å². The lowest BCUT2D eigenvalue weighted by Gasteiger charge is -2.16. The summed E-state index contributed by atoms with van der Waals surface area (Å²) in [6.07, 6.45) is -4.36. The molecule has 1 aromatic carbocycles. The smallest absolute Gasteiger partial charge is 0.416 e. The standard InChI is InChI=1S/C9H7Cl2F3O/c1-8(10,11)15-7-4-2-6(3-5-7)9(12,13)14/h2-5H,1H3. The van der Waals surface area contributed by atoms with Crippen LogP contribution in [0.15, 0.2) is 24.3 Å². The van der Waals surface area contributed by atoms with Gasteiger partial charge in [-0.3, -0.25) is 0 Å². The Labute approximate surface area is 94.7 Å². The second kappa shape index (κ2) is 4.10. The zero-order valence-corrected chi connectivity index (χ0v) is 9.12. The summed E-state index contributed by atoms with van der Waals surface area (Å²) in [5, 5.41) is 0. The van der Waals surface area contributed by atoms with Gasteiger partial charge < -0.3 is 4.74 Å². The molecular weight excluding hydrogens is 252 g/mol. The molecule has 0 aromatic heterocycles. The fourth-order valence-electron chi connectivity index (χ4n) is 0.919. The Morgan fingerprint density at radius 2 is 1.53 bits per heavy atom. The highest BCUT2D eigenvalue weighted by molar-refractivity contribution is 6.47. The van der Waals surface area contributed by atoms with Crippen LogP contribution in [0.25, 0.3) is 0 Å². The second-order valence-electron chi connectivity index (χ2n) is 2.93. The maximum Gasteiger partial charge on any atom is 0.416 e. The predicted octanol–water partition coefficient (Wildman–Crippen LogP) is 4.24. The largest absolute Gasteiger partial charge is 0.458 e. The Kier molecular flexibility index (Phi) is 3.41. The molecule has 0 aliphatic rings. The van der Waals surface area contributed by atoms with E-state index < -0.39 is 16.3 Å². The van der Waals surface area contributed by atoms with Gasteiger partial charge in [-0.15, -0.1) is 0 Å². The fraction of sp³-hybridized carbons (Fsp3) is 0.333. The summed E-state index contributed by atoms with van der Waals surface area (Å²) >= 11 is 11.0. The van der Waals surface area contributed by atoms with Crippen LogP contribution >= 0.6 is 23.2 Å². The van der Waals surface area contributed by atoms with E-state index in [0.29, 0.717) is 0 Å². The molecule has 0 saturated heterocycles. The van der Waals surface area contributed by atoms with Crippen molar-refractivity contribution in [1.29, 1.82) is 0 Å². The van der Waals surface area contributed by atoms with E-state index in [2.05, 4.69) is 0 Å². The summed E-state index contributed by atoms with van der Waals surface area (Å²) in [4.78, 5) is 0.